The molecule has 4 rings (SSSR count). The highest BCUT2D eigenvalue weighted by Gasteiger charge is 2.30. The second-order valence-electron chi connectivity index (χ2n) is 6.26. The normalized spacial score (nSPS) is 15.5. The number of rotatable bonds is 4. The molecule has 0 unspecified atom stereocenters. The van der Waals surface area contributed by atoms with Crippen LogP contribution in [-0.2, 0) is 17.3 Å². The molecule has 2 aromatic carbocycles. The highest BCUT2D eigenvalue weighted by atomic mass is 32.2. The van der Waals surface area contributed by atoms with Gasteiger partial charge in [-0.15, -0.1) is 11.3 Å². The number of amides is 2. The number of carbonyl (C=O) groups is 2. The number of nitrogens with zero attached hydrogens (tertiary/aromatic N) is 1. The van der Waals surface area contributed by atoms with Gasteiger partial charge in [0.15, 0.2) is 0 Å². The standard InChI is InChI=1S/C21H18N2O3S2/c1-2-23-17-12-14(20(24)22-13-15-6-5-11-27-15)9-10-19(17)28(26)18-8-4-3-7-16(18)21(23)25/h3-12H,2,13H2,1H3,(H,22,24)/t28-/m0/s1. The molecular weight excluding hydrogens is 392 g/mol. The smallest absolute Gasteiger partial charge is 0.259 e. The van der Waals surface area contributed by atoms with E-state index in [4.69, 9.17) is 0 Å². The highest BCUT2D eigenvalue weighted by molar-refractivity contribution is 7.85. The van der Waals surface area contributed by atoms with E-state index in [1.807, 2.05) is 24.4 Å². The number of benzene rings is 2. The minimum atomic E-state index is -1.49. The van der Waals surface area contributed by atoms with Gasteiger partial charge >= 0.3 is 0 Å². The van der Waals surface area contributed by atoms with Crippen LogP contribution in [0.4, 0.5) is 5.69 Å². The first-order chi connectivity index (χ1) is 13.6. The third-order valence-electron chi connectivity index (χ3n) is 4.59. The molecule has 3 aromatic rings. The molecule has 2 heterocycles. The molecule has 0 radical (unpaired) electrons. The van der Waals surface area contributed by atoms with Crippen molar-refractivity contribution in [3.8, 4) is 0 Å². The minimum absolute atomic E-state index is 0.207. The van der Waals surface area contributed by atoms with Crippen LogP contribution in [-0.4, -0.2) is 22.6 Å². The minimum Gasteiger partial charge on any atom is -0.347 e. The van der Waals surface area contributed by atoms with E-state index in [9.17, 15) is 13.8 Å². The van der Waals surface area contributed by atoms with Crippen molar-refractivity contribution >= 4 is 39.6 Å². The van der Waals surface area contributed by atoms with Gasteiger partial charge in [0.25, 0.3) is 11.8 Å². The summed E-state index contributed by atoms with van der Waals surface area (Å²) < 4.78 is 13.1. The Morgan fingerprint density at radius 2 is 1.93 bits per heavy atom. The zero-order valence-corrected chi connectivity index (χ0v) is 16.8. The Hall–Kier alpha value is -2.77. The van der Waals surface area contributed by atoms with Gasteiger partial charge < -0.3 is 10.2 Å². The quantitative estimate of drug-likeness (QED) is 0.711. The number of hydrogen-bond donors (Lipinski definition) is 1. The molecule has 1 aliphatic heterocycles. The van der Waals surface area contributed by atoms with Gasteiger partial charge in [0.2, 0.25) is 0 Å². The molecule has 0 aliphatic carbocycles. The highest BCUT2D eigenvalue weighted by Crippen LogP contribution is 2.35. The van der Waals surface area contributed by atoms with E-state index in [1.165, 1.54) is 0 Å². The largest absolute Gasteiger partial charge is 0.347 e. The Bertz CT molecular complexity index is 1080. The van der Waals surface area contributed by atoms with Crippen LogP contribution in [0.25, 0.3) is 0 Å². The predicted octanol–water partition coefficient (Wildman–Crippen LogP) is 3.82. The zero-order valence-electron chi connectivity index (χ0n) is 15.2. The van der Waals surface area contributed by atoms with Crippen LogP contribution in [0.1, 0.15) is 32.5 Å². The first kappa shape index (κ1) is 18.6. The monoisotopic (exact) mass is 410 g/mol. The summed E-state index contributed by atoms with van der Waals surface area (Å²) >= 11 is 1.58. The van der Waals surface area contributed by atoms with Crippen molar-refractivity contribution in [2.75, 3.05) is 11.4 Å². The van der Waals surface area contributed by atoms with E-state index in [0.717, 1.165) is 4.88 Å². The topological polar surface area (TPSA) is 66.5 Å². The van der Waals surface area contributed by atoms with E-state index in [1.54, 1.807) is 58.7 Å². The van der Waals surface area contributed by atoms with E-state index in [0.29, 0.717) is 39.7 Å². The first-order valence-corrected chi connectivity index (χ1v) is 10.9. The molecule has 142 valence electrons. The van der Waals surface area contributed by atoms with Gasteiger partial charge in [0.1, 0.15) is 0 Å². The summed E-state index contributed by atoms with van der Waals surface area (Å²) in [6, 6.07) is 15.8. The second kappa shape index (κ2) is 7.69. The van der Waals surface area contributed by atoms with Gasteiger partial charge in [-0.25, -0.2) is 4.21 Å². The Kier molecular flexibility index (Phi) is 5.11. The predicted molar refractivity (Wildman–Crippen MR) is 110 cm³/mol. The molecule has 1 N–H and O–H groups in total. The fraction of sp³-hybridized carbons (Fsp3) is 0.143. The van der Waals surface area contributed by atoms with Crippen molar-refractivity contribution in [2.24, 2.45) is 0 Å². The maximum Gasteiger partial charge on any atom is 0.259 e. The number of anilines is 1. The van der Waals surface area contributed by atoms with Gasteiger partial charge in [0.05, 0.1) is 38.4 Å². The van der Waals surface area contributed by atoms with Crippen molar-refractivity contribution in [3.05, 3.63) is 76.0 Å². The Labute approximate surface area is 169 Å². The van der Waals surface area contributed by atoms with Crippen molar-refractivity contribution in [1.29, 1.82) is 0 Å². The number of thiophene rings is 1. The Morgan fingerprint density at radius 3 is 2.68 bits per heavy atom. The van der Waals surface area contributed by atoms with Crippen LogP contribution in [0.2, 0.25) is 0 Å². The molecule has 7 heteroatoms. The summed E-state index contributed by atoms with van der Waals surface area (Å²) in [6.45, 7) is 2.72. The molecule has 1 atom stereocenters. The van der Waals surface area contributed by atoms with Crippen molar-refractivity contribution in [2.45, 2.75) is 23.3 Å². The van der Waals surface area contributed by atoms with Gasteiger partial charge in [-0.05, 0) is 48.7 Å². The van der Waals surface area contributed by atoms with Gasteiger partial charge in [-0.1, -0.05) is 18.2 Å². The van der Waals surface area contributed by atoms with E-state index < -0.39 is 10.8 Å². The van der Waals surface area contributed by atoms with Crippen molar-refractivity contribution in [1.82, 2.24) is 5.32 Å². The fourth-order valence-corrected chi connectivity index (χ4v) is 5.19. The number of hydrogen-bond acceptors (Lipinski definition) is 4. The molecule has 0 saturated carbocycles. The molecule has 0 fully saturated rings. The van der Waals surface area contributed by atoms with Crippen molar-refractivity contribution < 1.29 is 13.8 Å². The lowest BCUT2D eigenvalue weighted by Gasteiger charge is -2.21. The van der Waals surface area contributed by atoms with E-state index in [2.05, 4.69) is 5.32 Å². The van der Waals surface area contributed by atoms with Gasteiger partial charge in [-0.3, -0.25) is 9.59 Å². The summed E-state index contributed by atoms with van der Waals surface area (Å²) in [7, 11) is -1.49. The molecule has 0 bridgehead atoms. The average molecular weight is 411 g/mol. The summed E-state index contributed by atoms with van der Waals surface area (Å²) in [4.78, 5) is 29.3. The Morgan fingerprint density at radius 1 is 1.11 bits per heavy atom. The number of carbonyl (C=O) groups excluding carboxylic acids is 2. The maximum absolute atomic E-state index is 13.1. The SMILES string of the molecule is CCN1C(=O)c2ccccc2[S@](=O)c2ccc(C(=O)NCc3cccs3)cc21. The molecule has 1 aromatic heterocycles. The van der Waals surface area contributed by atoms with Crippen LogP contribution in [0.3, 0.4) is 0 Å². The van der Waals surface area contributed by atoms with Crippen LogP contribution in [0, 0.1) is 0 Å². The van der Waals surface area contributed by atoms with Crippen LogP contribution in [0.15, 0.2) is 69.8 Å². The lowest BCUT2D eigenvalue weighted by atomic mass is 10.1. The molecule has 2 amide bonds. The fourth-order valence-electron chi connectivity index (χ4n) is 3.20. The van der Waals surface area contributed by atoms with Gasteiger partial charge in [-0.2, -0.15) is 0 Å². The molecule has 0 saturated heterocycles. The average Bonchev–Trinajstić information content (AvgIpc) is 3.23. The van der Waals surface area contributed by atoms with E-state index in [-0.39, 0.29) is 11.8 Å². The molecule has 1 aliphatic rings. The molecule has 28 heavy (non-hydrogen) atoms. The molecule has 5 nitrogen and oxygen atoms in total. The zero-order chi connectivity index (χ0) is 19.7. The summed E-state index contributed by atoms with van der Waals surface area (Å²) in [6.07, 6.45) is 0. The lowest BCUT2D eigenvalue weighted by molar-refractivity contribution is 0.0948. The van der Waals surface area contributed by atoms with Crippen molar-refractivity contribution in [3.63, 3.8) is 0 Å². The summed E-state index contributed by atoms with van der Waals surface area (Å²) in [5.74, 6) is -0.436. The third kappa shape index (κ3) is 3.27. The molecule has 0 spiro atoms. The lowest BCUT2D eigenvalue weighted by Crippen LogP contribution is -2.31. The van der Waals surface area contributed by atoms with Crippen LogP contribution in [0.5, 0.6) is 0 Å². The summed E-state index contributed by atoms with van der Waals surface area (Å²) in [5, 5.41) is 4.85. The van der Waals surface area contributed by atoms with Crippen LogP contribution < -0.4 is 10.2 Å². The van der Waals surface area contributed by atoms with Crippen LogP contribution >= 0.6 is 11.3 Å². The maximum atomic E-state index is 13.1. The van der Waals surface area contributed by atoms with Gasteiger partial charge in [0, 0.05) is 17.0 Å². The van der Waals surface area contributed by atoms with E-state index >= 15 is 0 Å². The second-order valence-corrected chi connectivity index (χ2v) is 8.71. The summed E-state index contributed by atoms with van der Waals surface area (Å²) in [5.41, 5.74) is 1.39. The number of fused-ring (bicyclic) bond motifs is 2. The first-order valence-electron chi connectivity index (χ1n) is 8.87. The molecular formula is C21H18N2O3S2. The number of nitrogens with one attached hydrogen (secondary N) is 1. The third-order valence-corrected chi connectivity index (χ3v) is 6.97. The Balaban J connectivity index is 1.71.